The summed E-state index contributed by atoms with van der Waals surface area (Å²) in [7, 11) is 1.36. The van der Waals surface area contributed by atoms with Crippen molar-refractivity contribution in [3.05, 3.63) is 59.7 Å². The zero-order valence-corrected chi connectivity index (χ0v) is 22.4. The van der Waals surface area contributed by atoms with E-state index < -0.39 is 42.4 Å². The molecule has 3 aromatic rings. The van der Waals surface area contributed by atoms with Crippen LogP contribution < -0.4 is 4.74 Å². The first-order chi connectivity index (χ1) is 19.2. The van der Waals surface area contributed by atoms with Crippen LogP contribution in [-0.2, 0) is 9.47 Å². The van der Waals surface area contributed by atoms with Crippen LogP contribution in [0.5, 0.6) is 11.5 Å². The number of thioether (sulfide) groups is 1. The number of carbonyl (C=O) groups excluding carboxylic acids is 1. The zero-order chi connectivity index (χ0) is 29.0. The second kappa shape index (κ2) is 12.6. The summed E-state index contributed by atoms with van der Waals surface area (Å²) in [5.74, 6) is -0.801. The van der Waals surface area contributed by atoms with Gasteiger partial charge in [-0.05, 0) is 24.6 Å². The van der Waals surface area contributed by atoms with E-state index in [4.69, 9.17) is 14.2 Å². The minimum Gasteiger partial charge on any atom is -0.504 e. The molecule has 0 radical (unpaired) electrons. The maximum atomic E-state index is 13.4. The Kier molecular flexibility index (Phi) is 9.26. The summed E-state index contributed by atoms with van der Waals surface area (Å²) in [4.78, 5) is 18.1. The number of rotatable bonds is 8. The van der Waals surface area contributed by atoms with Gasteiger partial charge in [0.1, 0.15) is 40.9 Å². The van der Waals surface area contributed by atoms with Crippen LogP contribution in [0.4, 0.5) is 0 Å². The van der Waals surface area contributed by atoms with Gasteiger partial charge >= 0.3 is 5.97 Å². The first-order valence-corrected chi connectivity index (χ1v) is 13.2. The Morgan fingerprint density at radius 1 is 1.10 bits per heavy atom. The van der Waals surface area contributed by atoms with Crippen molar-refractivity contribution in [1.29, 1.82) is 5.26 Å². The van der Waals surface area contributed by atoms with E-state index in [0.717, 1.165) is 11.8 Å². The van der Waals surface area contributed by atoms with E-state index in [1.807, 2.05) is 0 Å². The highest BCUT2D eigenvalue weighted by atomic mass is 32.2. The summed E-state index contributed by atoms with van der Waals surface area (Å²) in [5, 5.41) is 61.4. The van der Waals surface area contributed by atoms with Gasteiger partial charge in [-0.2, -0.15) is 5.26 Å². The maximum absolute atomic E-state index is 13.4. The van der Waals surface area contributed by atoms with Gasteiger partial charge in [-0.1, -0.05) is 48.2 Å². The number of esters is 1. The quantitative estimate of drug-likeness (QED) is 0.250. The molecule has 1 aromatic heterocycles. The van der Waals surface area contributed by atoms with Crippen LogP contribution in [0.2, 0.25) is 0 Å². The molecule has 5 N–H and O–H groups in total. The van der Waals surface area contributed by atoms with E-state index in [1.54, 1.807) is 37.3 Å². The number of carbonyl (C=O) groups is 1. The Morgan fingerprint density at radius 2 is 1.82 bits per heavy atom. The molecule has 40 heavy (non-hydrogen) atoms. The lowest BCUT2D eigenvalue weighted by Crippen LogP contribution is -2.57. The first kappa shape index (κ1) is 29.3. The number of benzene rings is 2. The lowest BCUT2D eigenvalue weighted by molar-refractivity contribution is -0.205. The molecular weight excluding hydrogens is 540 g/mol. The third-order valence-corrected chi connectivity index (χ3v) is 7.49. The summed E-state index contributed by atoms with van der Waals surface area (Å²) in [6.07, 6.45) is -5.97. The van der Waals surface area contributed by atoms with Crippen molar-refractivity contribution in [1.82, 2.24) is 4.98 Å². The SMILES string of the molecule is CCOC(=O)c1c(-c2ccccc2)nc(S[C@@H]2O[C@H](CO)[C@H](O)[C@H](O)[C@H]2O)c(C#N)c1-c1ccc(O)c(OC)c1. The van der Waals surface area contributed by atoms with Crippen LogP contribution in [0.3, 0.4) is 0 Å². The monoisotopic (exact) mass is 568 g/mol. The summed E-state index contributed by atoms with van der Waals surface area (Å²) < 4.78 is 16.3. The molecule has 5 atom stereocenters. The summed E-state index contributed by atoms with van der Waals surface area (Å²) in [6.45, 7) is 1.07. The smallest absolute Gasteiger partial charge is 0.341 e. The average molecular weight is 569 g/mol. The van der Waals surface area contributed by atoms with E-state index in [0.29, 0.717) is 11.1 Å². The molecule has 4 rings (SSSR count). The van der Waals surface area contributed by atoms with E-state index >= 15 is 0 Å². The molecule has 11 nitrogen and oxygen atoms in total. The molecule has 1 aliphatic heterocycles. The largest absolute Gasteiger partial charge is 0.504 e. The van der Waals surface area contributed by atoms with Crippen molar-refractivity contribution in [3.8, 4) is 40.0 Å². The number of hydrogen-bond donors (Lipinski definition) is 5. The summed E-state index contributed by atoms with van der Waals surface area (Å²) >= 11 is 0.792. The predicted molar refractivity (Wildman–Crippen MR) is 144 cm³/mol. The molecule has 2 aromatic carbocycles. The molecule has 1 aliphatic rings. The number of nitriles is 1. The van der Waals surface area contributed by atoms with Gasteiger partial charge in [0.05, 0.1) is 37.1 Å². The minimum absolute atomic E-state index is 0.00417. The first-order valence-electron chi connectivity index (χ1n) is 12.3. The van der Waals surface area contributed by atoms with Crippen LogP contribution in [0.1, 0.15) is 22.8 Å². The molecular formula is C28H28N2O9S. The average Bonchev–Trinajstić information content (AvgIpc) is 2.97. The summed E-state index contributed by atoms with van der Waals surface area (Å²) in [6, 6.07) is 15.1. The predicted octanol–water partition coefficient (Wildman–Crippen LogP) is 2.07. The van der Waals surface area contributed by atoms with E-state index in [2.05, 4.69) is 11.1 Å². The Morgan fingerprint density at radius 3 is 2.45 bits per heavy atom. The van der Waals surface area contributed by atoms with Gasteiger partial charge < -0.3 is 39.7 Å². The molecule has 1 fully saturated rings. The fourth-order valence-corrected chi connectivity index (χ4v) is 5.48. The summed E-state index contributed by atoms with van der Waals surface area (Å²) in [5.41, 5.74) is -0.142. The second-order valence-corrected chi connectivity index (χ2v) is 9.88. The van der Waals surface area contributed by atoms with Crippen molar-refractivity contribution >= 4 is 17.7 Å². The third-order valence-electron chi connectivity index (χ3n) is 6.35. The van der Waals surface area contributed by atoms with Crippen LogP contribution >= 0.6 is 11.8 Å². The lowest BCUT2D eigenvalue weighted by Gasteiger charge is -2.39. The number of phenols is 1. The van der Waals surface area contributed by atoms with Crippen molar-refractivity contribution in [2.45, 2.75) is 41.8 Å². The number of aromatic hydroxyl groups is 1. The van der Waals surface area contributed by atoms with Crippen molar-refractivity contribution < 1.29 is 44.5 Å². The fourth-order valence-electron chi connectivity index (χ4n) is 4.36. The van der Waals surface area contributed by atoms with Gasteiger partial charge in [0.25, 0.3) is 0 Å². The van der Waals surface area contributed by atoms with Gasteiger partial charge in [0.2, 0.25) is 0 Å². The number of aliphatic hydroxyl groups is 4. The van der Waals surface area contributed by atoms with Crippen molar-refractivity contribution in [2.75, 3.05) is 20.3 Å². The fraction of sp³-hybridized carbons (Fsp3) is 0.321. The Labute approximate surface area is 234 Å². The number of pyridine rings is 1. The molecule has 0 aliphatic carbocycles. The molecule has 0 spiro atoms. The van der Waals surface area contributed by atoms with E-state index in [9.17, 15) is 35.6 Å². The molecule has 12 heteroatoms. The number of aliphatic hydroxyl groups excluding tert-OH is 4. The molecule has 0 bridgehead atoms. The Balaban J connectivity index is 2.01. The minimum atomic E-state index is -1.64. The number of hydrogen-bond acceptors (Lipinski definition) is 12. The maximum Gasteiger partial charge on any atom is 0.341 e. The zero-order valence-electron chi connectivity index (χ0n) is 21.6. The van der Waals surface area contributed by atoms with Crippen LogP contribution in [-0.4, -0.2) is 86.7 Å². The van der Waals surface area contributed by atoms with Crippen LogP contribution in [0.15, 0.2) is 53.6 Å². The second-order valence-electron chi connectivity index (χ2n) is 8.79. The standard InChI is InChI=1S/C28H28N2O9S/c1-3-38-27(36)21-20(15-9-10-17(32)18(11-15)37-2)16(12-29)26(30-22(21)14-7-5-4-6-8-14)40-28-25(35)24(34)23(33)19(13-31)39-28/h4-11,19,23-25,28,31-35H,3,13H2,1-2H3/t19-,23+,24+,25-,28+/m1/s1. The highest BCUT2D eigenvalue weighted by Gasteiger charge is 2.44. The Hall–Kier alpha value is -3.70. The highest BCUT2D eigenvalue weighted by molar-refractivity contribution is 7.99. The topological polar surface area (TPSA) is 183 Å². The van der Waals surface area contributed by atoms with Crippen LogP contribution in [0.25, 0.3) is 22.4 Å². The number of aromatic nitrogens is 1. The van der Waals surface area contributed by atoms with Gasteiger partial charge in [0, 0.05) is 11.1 Å². The molecule has 0 unspecified atom stereocenters. The molecule has 210 valence electrons. The number of ether oxygens (including phenoxy) is 3. The highest BCUT2D eigenvalue weighted by Crippen LogP contribution is 2.43. The number of nitrogens with zero attached hydrogens (tertiary/aromatic N) is 2. The number of phenolic OH excluding ortho intramolecular Hbond substituents is 1. The molecule has 2 heterocycles. The Bertz CT molecular complexity index is 1410. The molecule has 0 amide bonds. The van der Waals surface area contributed by atoms with Gasteiger partial charge in [-0.3, -0.25) is 0 Å². The van der Waals surface area contributed by atoms with E-state index in [1.165, 1.54) is 25.3 Å². The van der Waals surface area contributed by atoms with Crippen LogP contribution in [0, 0.1) is 11.3 Å². The van der Waals surface area contributed by atoms with Crippen molar-refractivity contribution in [3.63, 3.8) is 0 Å². The van der Waals surface area contributed by atoms with E-state index in [-0.39, 0.29) is 45.5 Å². The normalized spacial score (nSPS) is 22.4. The van der Waals surface area contributed by atoms with Gasteiger partial charge in [-0.25, -0.2) is 9.78 Å². The third kappa shape index (κ3) is 5.62. The number of methoxy groups -OCH3 is 1. The molecule has 1 saturated heterocycles. The molecule has 0 saturated carbocycles. The lowest BCUT2D eigenvalue weighted by atomic mass is 9.92. The van der Waals surface area contributed by atoms with Gasteiger partial charge in [-0.15, -0.1) is 0 Å². The van der Waals surface area contributed by atoms with Gasteiger partial charge in [0.15, 0.2) is 11.5 Å². The van der Waals surface area contributed by atoms with Crippen molar-refractivity contribution in [2.24, 2.45) is 0 Å².